The number of H-pyrrole nitrogens is 1. The highest BCUT2D eigenvalue weighted by molar-refractivity contribution is 5.94. The van der Waals surface area contributed by atoms with Gasteiger partial charge >= 0.3 is 0 Å². The summed E-state index contributed by atoms with van der Waals surface area (Å²) in [6.45, 7) is 1.74. The Morgan fingerprint density at radius 3 is 2.40 bits per heavy atom. The normalized spacial score (nSPS) is 14.5. The van der Waals surface area contributed by atoms with Crippen molar-refractivity contribution >= 4 is 5.91 Å². The Morgan fingerprint density at radius 2 is 1.68 bits per heavy atom. The Balaban J connectivity index is 1.56. The van der Waals surface area contributed by atoms with Gasteiger partial charge in [0, 0.05) is 24.2 Å². The Hall–Kier alpha value is -3.02. The summed E-state index contributed by atoms with van der Waals surface area (Å²) < 4.78 is 0. The molecule has 0 aliphatic carbocycles. The summed E-state index contributed by atoms with van der Waals surface area (Å²) in [5.74, 6) is 0.700. The molecule has 0 atom stereocenters. The van der Waals surface area contributed by atoms with Gasteiger partial charge in [0.15, 0.2) is 0 Å². The summed E-state index contributed by atoms with van der Waals surface area (Å²) in [5, 5.41) is 14.1. The molecular formula is C19H19N5O. The Morgan fingerprint density at radius 1 is 0.920 bits per heavy atom. The van der Waals surface area contributed by atoms with Gasteiger partial charge in [-0.25, -0.2) is 0 Å². The molecule has 0 unspecified atom stereocenters. The van der Waals surface area contributed by atoms with Crippen molar-refractivity contribution in [3.8, 4) is 22.5 Å². The number of piperidine rings is 1. The zero-order chi connectivity index (χ0) is 17.1. The molecule has 1 fully saturated rings. The molecule has 0 radical (unpaired) electrons. The lowest BCUT2D eigenvalue weighted by atomic mass is 10.0. The van der Waals surface area contributed by atoms with Crippen molar-refractivity contribution in [2.45, 2.75) is 19.3 Å². The molecule has 3 aromatic rings. The topological polar surface area (TPSA) is 74.8 Å². The number of tetrazole rings is 1. The maximum Gasteiger partial charge on any atom is 0.253 e. The second-order valence-corrected chi connectivity index (χ2v) is 6.25. The molecule has 6 heteroatoms. The van der Waals surface area contributed by atoms with E-state index in [1.807, 2.05) is 53.4 Å². The van der Waals surface area contributed by atoms with Gasteiger partial charge in [-0.1, -0.05) is 30.3 Å². The molecule has 0 spiro atoms. The van der Waals surface area contributed by atoms with E-state index >= 15 is 0 Å². The second-order valence-electron chi connectivity index (χ2n) is 6.25. The average Bonchev–Trinajstić information content (AvgIpc) is 3.23. The Labute approximate surface area is 145 Å². The van der Waals surface area contributed by atoms with Gasteiger partial charge in [-0.05, 0) is 53.8 Å². The first-order valence-electron chi connectivity index (χ1n) is 8.55. The number of nitrogens with zero attached hydrogens (tertiary/aromatic N) is 4. The highest BCUT2D eigenvalue weighted by Gasteiger charge is 2.18. The van der Waals surface area contributed by atoms with Crippen LogP contribution >= 0.6 is 0 Å². The third-order valence-corrected chi connectivity index (χ3v) is 4.57. The highest BCUT2D eigenvalue weighted by Crippen LogP contribution is 2.25. The van der Waals surface area contributed by atoms with Crippen LogP contribution < -0.4 is 0 Å². The zero-order valence-electron chi connectivity index (χ0n) is 13.9. The fourth-order valence-electron chi connectivity index (χ4n) is 3.21. The number of hydrogen-bond donors (Lipinski definition) is 1. The molecule has 126 valence electrons. The standard InChI is InChI=1S/C19H19N5O/c25-19(24-11-2-1-3-12-24)15-9-7-14(8-10-15)16-5-4-6-17(13-16)18-20-22-23-21-18/h4-10,13H,1-3,11-12H2,(H,20,21,22,23). The minimum Gasteiger partial charge on any atom is -0.339 e. The van der Waals surface area contributed by atoms with E-state index in [1.165, 1.54) is 6.42 Å². The van der Waals surface area contributed by atoms with E-state index in [-0.39, 0.29) is 5.91 Å². The number of likely N-dealkylation sites (tertiary alicyclic amines) is 1. The minimum atomic E-state index is 0.131. The molecule has 1 N–H and O–H groups in total. The molecule has 2 heterocycles. The maximum absolute atomic E-state index is 12.6. The van der Waals surface area contributed by atoms with Gasteiger partial charge in [0.25, 0.3) is 5.91 Å². The van der Waals surface area contributed by atoms with Crippen LogP contribution in [-0.4, -0.2) is 44.5 Å². The summed E-state index contributed by atoms with van der Waals surface area (Å²) in [7, 11) is 0. The zero-order valence-corrected chi connectivity index (χ0v) is 13.9. The monoisotopic (exact) mass is 333 g/mol. The van der Waals surface area contributed by atoms with Crippen LogP contribution in [-0.2, 0) is 0 Å². The van der Waals surface area contributed by atoms with Crippen LogP contribution in [0.4, 0.5) is 0 Å². The van der Waals surface area contributed by atoms with Crippen molar-refractivity contribution in [3.05, 3.63) is 54.1 Å². The molecule has 25 heavy (non-hydrogen) atoms. The van der Waals surface area contributed by atoms with Gasteiger partial charge < -0.3 is 4.90 Å². The molecule has 1 aliphatic rings. The summed E-state index contributed by atoms with van der Waals surface area (Å²) in [6.07, 6.45) is 3.43. The molecule has 0 bridgehead atoms. The van der Waals surface area contributed by atoms with E-state index in [2.05, 4.69) is 20.6 Å². The SMILES string of the molecule is O=C(c1ccc(-c2cccc(-c3nn[nH]n3)c2)cc1)N1CCCCC1. The summed E-state index contributed by atoms with van der Waals surface area (Å²) in [6, 6.07) is 15.8. The molecule has 1 aromatic heterocycles. The van der Waals surface area contributed by atoms with Crippen molar-refractivity contribution in [1.29, 1.82) is 0 Å². The Bertz CT molecular complexity index is 852. The number of nitrogens with one attached hydrogen (secondary N) is 1. The number of benzene rings is 2. The Kier molecular flexibility index (Phi) is 4.24. The van der Waals surface area contributed by atoms with Crippen molar-refractivity contribution in [2.75, 3.05) is 13.1 Å². The van der Waals surface area contributed by atoms with E-state index in [4.69, 9.17) is 0 Å². The van der Waals surface area contributed by atoms with Gasteiger partial charge in [0.1, 0.15) is 0 Å². The molecule has 6 nitrogen and oxygen atoms in total. The van der Waals surface area contributed by atoms with Crippen LogP contribution in [0.25, 0.3) is 22.5 Å². The number of hydrogen-bond acceptors (Lipinski definition) is 4. The van der Waals surface area contributed by atoms with E-state index in [9.17, 15) is 4.79 Å². The average molecular weight is 333 g/mol. The third kappa shape index (κ3) is 3.28. The van der Waals surface area contributed by atoms with Crippen molar-refractivity contribution in [3.63, 3.8) is 0 Å². The minimum absolute atomic E-state index is 0.131. The van der Waals surface area contributed by atoms with Gasteiger partial charge in [0.2, 0.25) is 5.82 Å². The van der Waals surface area contributed by atoms with Crippen LogP contribution in [0.2, 0.25) is 0 Å². The largest absolute Gasteiger partial charge is 0.339 e. The van der Waals surface area contributed by atoms with Gasteiger partial charge in [0.05, 0.1) is 0 Å². The van der Waals surface area contributed by atoms with Crippen LogP contribution in [0.15, 0.2) is 48.5 Å². The first kappa shape index (κ1) is 15.5. The number of carbonyl (C=O) groups excluding carboxylic acids is 1. The fraction of sp³-hybridized carbons (Fsp3) is 0.263. The van der Waals surface area contributed by atoms with Crippen LogP contribution in [0, 0.1) is 0 Å². The van der Waals surface area contributed by atoms with E-state index in [0.717, 1.165) is 48.2 Å². The van der Waals surface area contributed by atoms with Crippen molar-refractivity contribution in [2.24, 2.45) is 0 Å². The number of amides is 1. The predicted octanol–water partition coefficient (Wildman–Crippen LogP) is 3.16. The molecular weight excluding hydrogens is 314 g/mol. The number of aromatic amines is 1. The van der Waals surface area contributed by atoms with Crippen LogP contribution in [0.3, 0.4) is 0 Å². The molecule has 4 rings (SSSR count). The molecule has 1 amide bonds. The third-order valence-electron chi connectivity index (χ3n) is 4.57. The molecule has 0 saturated carbocycles. The second kappa shape index (κ2) is 6.84. The quantitative estimate of drug-likeness (QED) is 0.799. The predicted molar refractivity (Wildman–Crippen MR) is 94.8 cm³/mol. The highest BCUT2D eigenvalue weighted by atomic mass is 16.2. The number of aromatic nitrogens is 4. The summed E-state index contributed by atoms with van der Waals surface area (Å²) in [4.78, 5) is 14.5. The van der Waals surface area contributed by atoms with Crippen molar-refractivity contribution in [1.82, 2.24) is 25.5 Å². The first-order valence-corrected chi connectivity index (χ1v) is 8.55. The number of rotatable bonds is 3. The molecule has 1 aliphatic heterocycles. The van der Waals surface area contributed by atoms with Crippen LogP contribution in [0.5, 0.6) is 0 Å². The molecule has 2 aromatic carbocycles. The lowest BCUT2D eigenvalue weighted by Gasteiger charge is -2.26. The van der Waals surface area contributed by atoms with Crippen LogP contribution in [0.1, 0.15) is 29.6 Å². The summed E-state index contributed by atoms with van der Waals surface area (Å²) in [5.41, 5.74) is 3.76. The smallest absolute Gasteiger partial charge is 0.253 e. The fourth-order valence-corrected chi connectivity index (χ4v) is 3.21. The van der Waals surface area contributed by atoms with E-state index in [0.29, 0.717) is 5.82 Å². The number of carbonyl (C=O) groups is 1. The molecule has 1 saturated heterocycles. The van der Waals surface area contributed by atoms with E-state index < -0.39 is 0 Å². The van der Waals surface area contributed by atoms with Gasteiger partial charge in [-0.15, -0.1) is 10.2 Å². The first-order chi connectivity index (χ1) is 12.3. The lowest BCUT2D eigenvalue weighted by Crippen LogP contribution is -2.35. The van der Waals surface area contributed by atoms with E-state index in [1.54, 1.807) is 0 Å². The van der Waals surface area contributed by atoms with Crippen molar-refractivity contribution < 1.29 is 4.79 Å². The summed E-state index contributed by atoms with van der Waals surface area (Å²) >= 11 is 0. The van der Waals surface area contributed by atoms with Gasteiger partial charge in [-0.2, -0.15) is 5.21 Å². The van der Waals surface area contributed by atoms with Gasteiger partial charge in [-0.3, -0.25) is 4.79 Å². The maximum atomic E-state index is 12.6. The lowest BCUT2D eigenvalue weighted by molar-refractivity contribution is 0.0724.